The third-order valence-corrected chi connectivity index (χ3v) is 16.5. The number of anilines is 4. The highest BCUT2D eigenvalue weighted by Gasteiger charge is 2.47. The predicted molar refractivity (Wildman–Crippen MR) is 294 cm³/mol. The van der Waals surface area contributed by atoms with E-state index in [0.717, 1.165) is 51.4 Å². The molecule has 448 valence electrons. The molecule has 8 atom stereocenters. The predicted octanol–water partition coefficient (Wildman–Crippen LogP) is -1.28. The van der Waals surface area contributed by atoms with Gasteiger partial charge in [-0.25, -0.2) is 14.8 Å². The number of aliphatic hydroxyl groups excluding tert-OH is 6. The minimum atomic E-state index is -1.20. The van der Waals surface area contributed by atoms with E-state index in [1.807, 2.05) is 13.8 Å². The lowest BCUT2D eigenvalue weighted by atomic mass is 9.90. The first-order chi connectivity index (χ1) is 40.9. The Morgan fingerprint density at radius 1 is 0.548 bits per heavy atom. The molecule has 12 N–H and O–H groups in total. The molecule has 8 aromatic rings. The number of aliphatic hydroxyl groups is 6. The summed E-state index contributed by atoms with van der Waals surface area (Å²) in [7, 11) is 0. The average Bonchev–Trinajstić information content (AvgIpc) is 2.66. The lowest BCUT2D eigenvalue weighted by molar-refractivity contribution is 0.00491. The fourth-order valence-corrected chi connectivity index (χ4v) is 11.9. The van der Waals surface area contributed by atoms with E-state index in [1.54, 1.807) is 21.8 Å². The summed E-state index contributed by atoms with van der Waals surface area (Å²) in [4.78, 5) is 48.2. The molecule has 0 spiro atoms. The van der Waals surface area contributed by atoms with E-state index < -0.39 is 48.6 Å². The van der Waals surface area contributed by atoms with E-state index in [4.69, 9.17) is 29.9 Å². The summed E-state index contributed by atoms with van der Waals surface area (Å²) in [5.74, 6) is 2.78. The van der Waals surface area contributed by atoms with Gasteiger partial charge in [-0.15, -0.1) is 20.4 Å². The molecule has 0 radical (unpaired) electrons. The molecule has 8 heterocycles. The Balaban J connectivity index is 0.664. The number of nitrogens with zero attached hydrogens (tertiary/aromatic N) is 22. The number of imidazole rings is 2. The minimum absolute atomic E-state index is 0.00231. The number of urea groups is 1. The standard InChI is InChI=1S/C49H70N28O7/c1-3-74-68-35(64-70-74)13-15-50-47-60-43(37-45(62-47)72(23-52-37)31-17-33(41(82)39(31)80)76-54-19-29(21-78)66-76)56-25-5-9-27(10-6-25)58-49(84)59-28-11-7-26(8-12-28)57-44-38-46(63-48(61-44)51-16-14-36-65-71-75(4-2)69-36)73(24-53-38)32-18-34(42(83)40(32)81)77-55-20-30(22-79)67-77/h19-20,23-28,31-34,39-42,78-83H,3-18,21-22H2,1-2H3,(H2,58,59,84)(H2,50,56,60,62)(H2,51,57,61,63)/t25?,26?,27?,28?,31-,32-,33+,34+,39+,40+,41-,42-/m1/s1. The summed E-state index contributed by atoms with van der Waals surface area (Å²) in [6, 6.07) is -2.90. The highest BCUT2D eigenvalue weighted by Crippen LogP contribution is 2.42. The molecular formula is C49H70N28O7. The van der Waals surface area contributed by atoms with Crippen molar-refractivity contribution in [1.82, 2.24) is 120 Å². The number of hydrogen-bond donors (Lipinski definition) is 12. The first kappa shape index (κ1) is 56.2. The largest absolute Gasteiger partial charge is 0.390 e. The van der Waals surface area contributed by atoms with Gasteiger partial charge in [0.05, 0.1) is 63.4 Å². The van der Waals surface area contributed by atoms with Crippen LogP contribution < -0.4 is 31.9 Å². The van der Waals surface area contributed by atoms with Gasteiger partial charge in [0, 0.05) is 50.1 Å². The number of nitrogens with one attached hydrogen (secondary N) is 6. The monoisotopic (exact) mass is 1160 g/mol. The molecule has 0 saturated heterocycles. The summed E-state index contributed by atoms with van der Waals surface area (Å²) in [5, 5.41) is 127. The number of carbonyl (C=O) groups is 1. The van der Waals surface area contributed by atoms with Crippen LogP contribution in [0, 0.1) is 0 Å². The fourth-order valence-electron chi connectivity index (χ4n) is 11.9. The Kier molecular flexibility index (Phi) is 16.4. The summed E-state index contributed by atoms with van der Waals surface area (Å²) in [5.41, 5.74) is 2.58. The maximum Gasteiger partial charge on any atom is 0.315 e. The SMILES string of the molecule is CCn1nnc(CCNc2nc(NC3CCC(NC(=O)NC4CCC(Nc5nc(NCCc6nnn(CC)n6)nc6c5ncn6[C@@H]5C[C@H](n6ncc(CO)n6)[C@@H](O)[C@H]5O)CC4)CC3)c3ncn([C@@H]4C[C@H](n5ncc(CO)n5)[C@@H](O)[C@H]4O)c3n2)n1. The van der Waals surface area contributed by atoms with Crippen LogP contribution in [0.15, 0.2) is 25.0 Å². The Morgan fingerprint density at radius 3 is 1.33 bits per heavy atom. The molecule has 12 rings (SSSR count). The van der Waals surface area contributed by atoms with Crippen molar-refractivity contribution in [3.8, 4) is 0 Å². The summed E-state index contributed by atoms with van der Waals surface area (Å²) in [6.07, 6.45) is 8.54. The maximum atomic E-state index is 13.6. The van der Waals surface area contributed by atoms with E-state index in [-0.39, 0.29) is 56.3 Å². The first-order valence-corrected chi connectivity index (χ1v) is 28.8. The highest BCUT2D eigenvalue weighted by atomic mass is 16.3. The summed E-state index contributed by atoms with van der Waals surface area (Å²) >= 11 is 0. The van der Waals surface area contributed by atoms with Gasteiger partial charge in [-0.2, -0.15) is 59.5 Å². The fraction of sp³-hybridized carbons (Fsp3) is 0.653. The molecule has 35 heteroatoms. The van der Waals surface area contributed by atoms with Gasteiger partial charge in [0.15, 0.2) is 45.6 Å². The quantitative estimate of drug-likeness (QED) is 0.0376. The van der Waals surface area contributed by atoms with Gasteiger partial charge in [0.25, 0.3) is 0 Å². The maximum absolute atomic E-state index is 13.6. The third-order valence-electron chi connectivity index (χ3n) is 16.5. The van der Waals surface area contributed by atoms with Crippen molar-refractivity contribution >= 4 is 51.9 Å². The lowest BCUT2D eigenvalue weighted by Gasteiger charge is -2.32. The third kappa shape index (κ3) is 11.8. The van der Waals surface area contributed by atoms with Crippen LogP contribution in [0.1, 0.15) is 125 Å². The van der Waals surface area contributed by atoms with E-state index >= 15 is 0 Å². The molecule has 84 heavy (non-hydrogen) atoms. The summed E-state index contributed by atoms with van der Waals surface area (Å²) < 4.78 is 3.51. The van der Waals surface area contributed by atoms with Crippen molar-refractivity contribution in [3.63, 3.8) is 0 Å². The van der Waals surface area contributed by atoms with Crippen molar-refractivity contribution in [2.24, 2.45) is 0 Å². The normalized spacial score (nSPS) is 26.3. The average molecular weight is 1160 g/mol. The number of carbonyl (C=O) groups excluding carboxylic acids is 1. The Hall–Kier alpha value is -8.25. The van der Waals surface area contributed by atoms with E-state index in [0.29, 0.717) is 108 Å². The second-order valence-electron chi connectivity index (χ2n) is 21.9. The van der Waals surface area contributed by atoms with Crippen molar-refractivity contribution in [2.75, 3.05) is 34.4 Å². The molecular weight excluding hydrogens is 1090 g/mol. The number of fused-ring (bicyclic) bond motifs is 2. The van der Waals surface area contributed by atoms with Crippen molar-refractivity contribution in [1.29, 1.82) is 0 Å². The number of tetrazole rings is 2. The number of aromatic nitrogens is 22. The smallest absolute Gasteiger partial charge is 0.315 e. The molecule has 8 aromatic heterocycles. The number of hydrogen-bond acceptors (Lipinski definition) is 27. The van der Waals surface area contributed by atoms with Gasteiger partial charge >= 0.3 is 6.03 Å². The minimum Gasteiger partial charge on any atom is -0.390 e. The molecule has 0 aromatic carbocycles. The highest BCUT2D eigenvalue weighted by molar-refractivity contribution is 5.85. The molecule has 0 unspecified atom stereocenters. The van der Waals surface area contributed by atoms with Crippen molar-refractivity contribution in [3.05, 3.63) is 48.1 Å². The molecule has 4 saturated carbocycles. The van der Waals surface area contributed by atoms with Crippen LogP contribution in [0.5, 0.6) is 0 Å². The number of aryl methyl sites for hydroxylation is 2. The molecule has 35 nitrogen and oxygen atoms in total. The van der Waals surface area contributed by atoms with Crippen LogP contribution in [-0.2, 0) is 39.1 Å². The van der Waals surface area contributed by atoms with Gasteiger partial charge in [-0.1, -0.05) is 0 Å². The van der Waals surface area contributed by atoms with Crippen LogP contribution in [0.4, 0.5) is 28.3 Å². The second-order valence-corrected chi connectivity index (χ2v) is 21.9. The van der Waals surface area contributed by atoms with Crippen molar-refractivity contribution in [2.45, 2.75) is 190 Å². The lowest BCUT2D eigenvalue weighted by Crippen LogP contribution is -2.49. The van der Waals surface area contributed by atoms with Crippen LogP contribution in [0.25, 0.3) is 22.3 Å². The van der Waals surface area contributed by atoms with Gasteiger partial charge in [-0.05, 0) is 88.5 Å². The van der Waals surface area contributed by atoms with Gasteiger partial charge < -0.3 is 71.7 Å². The molecule has 4 aliphatic rings. The molecule has 2 amide bonds. The van der Waals surface area contributed by atoms with E-state index in [9.17, 15) is 35.4 Å². The topological polar surface area (TPSA) is 446 Å². The zero-order valence-electron chi connectivity index (χ0n) is 46.4. The molecule has 4 aliphatic carbocycles. The number of rotatable bonds is 22. The van der Waals surface area contributed by atoms with Crippen LogP contribution >= 0.6 is 0 Å². The zero-order valence-corrected chi connectivity index (χ0v) is 46.4. The second kappa shape index (κ2) is 24.5. The Morgan fingerprint density at radius 2 is 0.952 bits per heavy atom. The Bertz CT molecular complexity index is 3280. The van der Waals surface area contributed by atoms with Crippen LogP contribution in [0.2, 0.25) is 0 Å². The molecule has 4 fully saturated rings. The molecule has 0 bridgehead atoms. The Labute approximate surface area is 478 Å². The van der Waals surface area contributed by atoms with Crippen LogP contribution in [-0.4, -0.2) is 208 Å². The van der Waals surface area contributed by atoms with Crippen LogP contribution in [0.3, 0.4) is 0 Å². The molecule has 0 aliphatic heterocycles. The van der Waals surface area contributed by atoms with E-state index in [2.05, 4.69) is 83.1 Å². The van der Waals surface area contributed by atoms with Gasteiger partial charge in [0.2, 0.25) is 11.9 Å². The van der Waals surface area contributed by atoms with E-state index in [1.165, 1.54) is 31.6 Å². The summed E-state index contributed by atoms with van der Waals surface area (Å²) in [6.45, 7) is 5.27. The van der Waals surface area contributed by atoms with Gasteiger partial charge in [-0.3, -0.25) is 0 Å². The zero-order chi connectivity index (χ0) is 58.0. The van der Waals surface area contributed by atoms with Gasteiger partial charge in [0.1, 0.15) is 47.9 Å². The first-order valence-electron chi connectivity index (χ1n) is 28.8. The van der Waals surface area contributed by atoms with Crippen molar-refractivity contribution < 1.29 is 35.4 Å². The number of amides is 2.